The van der Waals surface area contributed by atoms with E-state index in [2.05, 4.69) is 36.4 Å². The molecule has 216 valence electrons. The first kappa shape index (κ1) is 32.4. The monoisotopic (exact) mass is 559 g/mol. The summed E-state index contributed by atoms with van der Waals surface area (Å²) in [5.41, 5.74) is 10.5. The van der Waals surface area contributed by atoms with Gasteiger partial charge in [0.2, 0.25) is 18.2 Å². The number of benzene rings is 1. The van der Waals surface area contributed by atoms with Gasteiger partial charge < -0.3 is 26.4 Å². The van der Waals surface area contributed by atoms with Crippen LogP contribution in [0, 0.1) is 12.3 Å². The molecule has 39 heavy (non-hydrogen) atoms. The van der Waals surface area contributed by atoms with Crippen LogP contribution >= 0.6 is 11.3 Å². The van der Waals surface area contributed by atoms with Crippen LogP contribution < -0.4 is 16.4 Å². The summed E-state index contributed by atoms with van der Waals surface area (Å²) in [5.74, 6) is -0.0736. The number of β-amino-alcohol motifs (C(OH)–C–C–N with tert-alkyl or cyclic N) is 1. The van der Waals surface area contributed by atoms with Crippen LogP contribution in [0.25, 0.3) is 10.4 Å². The Bertz CT molecular complexity index is 1050. The first-order valence-corrected chi connectivity index (χ1v) is 14.5. The molecule has 0 saturated carbocycles. The number of rotatable bonds is 11. The largest absolute Gasteiger partial charge is 0.391 e. The first-order chi connectivity index (χ1) is 18.4. The molecule has 3 amide bonds. The highest BCUT2D eigenvalue weighted by atomic mass is 32.1. The maximum Gasteiger partial charge on any atom is 0.243 e. The van der Waals surface area contributed by atoms with Crippen LogP contribution in [0.1, 0.15) is 77.1 Å². The molecule has 9 nitrogen and oxygen atoms in total. The number of nitrogens with two attached hydrogens (primary N) is 1. The number of carbonyl (C=O) groups excluding carboxylic acids is 3. The summed E-state index contributed by atoms with van der Waals surface area (Å²) in [7, 11) is 0. The number of aromatic nitrogens is 1. The first-order valence-electron chi connectivity index (χ1n) is 13.6. The summed E-state index contributed by atoms with van der Waals surface area (Å²) >= 11 is 1.60. The van der Waals surface area contributed by atoms with Crippen molar-refractivity contribution < 1.29 is 19.5 Å². The van der Waals surface area contributed by atoms with Gasteiger partial charge in [-0.15, -0.1) is 11.3 Å². The van der Waals surface area contributed by atoms with Crippen molar-refractivity contribution in [1.29, 1.82) is 0 Å². The second-order valence-corrected chi connectivity index (χ2v) is 12.1. The molecule has 1 aliphatic heterocycles. The Morgan fingerprint density at radius 3 is 2.49 bits per heavy atom. The van der Waals surface area contributed by atoms with E-state index in [1.165, 1.54) is 4.90 Å². The van der Waals surface area contributed by atoms with E-state index in [1.54, 1.807) is 11.3 Å². The van der Waals surface area contributed by atoms with Gasteiger partial charge >= 0.3 is 0 Å². The standard InChI is InChI=1S/C18H21N3O3S.C11H24N2O/c1-11(20-18(24)16-7-15(23)8-21(16)10-22)13-3-5-14(6-4-13)17-12(2)19-9-25-17;1-11(2,3)9-13-10(14)7-5-4-6-8-12/h3-6,9-11,15-16,23H,7-8H2,1-2H3,(H,20,24);4-9,12H2,1-3H3,(H,13,14)/t11?,15-,16?;/m1./s1. The van der Waals surface area contributed by atoms with Crippen LogP contribution in [0.4, 0.5) is 0 Å². The number of nitrogens with zero attached hydrogens (tertiary/aromatic N) is 2. The molecule has 10 heteroatoms. The lowest BCUT2D eigenvalue weighted by molar-refractivity contribution is -0.131. The average Bonchev–Trinajstić information content (AvgIpc) is 3.50. The second-order valence-electron chi connectivity index (χ2n) is 11.3. The molecule has 0 spiro atoms. The van der Waals surface area contributed by atoms with Gasteiger partial charge in [-0.1, -0.05) is 51.5 Å². The fourth-order valence-corrected chi connectivity index (χ4v) is 4.98. The zero-order valence-corrected chi connectivity index (χ0v) is 24.7. The summed E-state index contributed by atoms with van der Waals surface area (Å²) in [6.07, 6.45) is 3.92. The molecule has 5 N–H and O–H groups in total. The number of nitrogens with one attached hydrogen (secondary N) is 2. The van der Waals surface area contributed by atoms with Crippen LogP contribution in [0.5, 0.6) is 0 Å². The van der Waals surface area contributed by atoms with Gasteiger partial charge in [-0.3, -0.25) is 14.4 Å². The van der Waals surface area contributed by atoms with Gasteiger partial charge in [-0.2, -0.15) is 0 Å². The fourth-order valence-electron chi connectivity index (χ4n) is 4.17. The molecule has 1 saturated heterocycles. The van der Waals surface area contributed by atoms with Crippen LogP contribution in [0.15, 0.2) is 29.8 Å². The fraction of sp³-hybridized carbons (Fsp3) is 0.586. The van der Waals surface area contributed by atoms with Gasteiger partial charge in [0, 0.05) is 25.9 Å². The van der Waals surface area contributed by atoms with Crippen molar-refractivity contribution in [2.45, 2.75) is 84.9 Å². The van der Waals surface area contributed by atoms with Gasteiger partial charge in [0.1, 0.15) is 6.04 Å². The number of aryl methyl sites for hydroxylation is 1. The molecule has 2 unspecified atom stereocenters. The zero-order valence-electron chi connectivity index (χ0n) is 23.9. The minimum atomic E-state index is -0.641. The quantitative estimate of drug-likeness (QED) is 0.245. The normalized spacial score (nSPS) is 17.7. The number of likely N-dealkylation sites (tertiary alicyclic amines) is 1. The summed E-state index contributed by atoms with van der Waals surface area (Å²) in [6.45, 7) is 11.9. The molecular formula is C29H45N5O4S. The molecule has 3 rings (SSSR count). The molecule has 1 aromatic heterocycles. The minimum absolute atomic E-state index is 0.164. The van der Waals surface area contributed by atoms with Crippen LogP contribution in [-0.4, -0.2) is 65.0 Å². The van der Waals surface area contributed by atoms with E-state index in [0.29, 0.717) is 12.8 Å². The molecule has 0 bridgehead atoms. The van der Waals surface area contributed by atoms with Crippen molar-refractivity contribution in [3.8, 4) is 10.4 Å². The number of hydrogen-bond acceptors (Lipinski definition) is 7. The summed E-state index contributed by atoms with van der Waals surface area (Å²) in [5, 5.41) is 15.5. The highest BCUT2D eigenvalue weighted by Crippen LogP contribution is 2.28. The number of thiazole rings is 1. The molecule has 1 aromatic carbocycles. The van der Waals surface area contributed by atoms with Crippen molar-refractivity contribution >= 4 is 29.6 Å². The van der Waals surface area contributed by atoms with E-state index in [0.717, 1.165) is 54.0 Å². The Morgan fingerprint density at radius 1 is 1.23 bits per heavy atom. The van der Waals surface area contributed by atoms with Crippen molar-refractivity contribution in [2.24, 2.45) is 11.1 Å². The third-order valence-corrected chi connectivity index (χ3v) is 7.43. The Labute approximate surface area is 236 Å². The number of aliphatic hydroxyl groups is 1. The number of aliphatic hydroxyl groups excluding tert-OH is 1. The molecule has 1 fully saturated rings. The lowest BCUT2D eigenvalue weighted by atomic mass is 9.97. The van der Waals surface area contributed by atoms with E-state index in [1.807, 2.05) is 43.6 Å². The average molecular weight is 560 g/mol. The van der Waals surface area contributed by atoms with Crippen LogP contribution in [0.2, 0.25) is 0 Å². The SMILES string of the molecule is CC(C)(C)CNC(=O)CCCCCN.Cc1ncsc1-c1ccc(C(C)NC(=O)C2C[C@@H](O)CN2C=O)cc1. The lowest BCUT2D eigenvalue weighted by Gasteiger charge is -2.22. The van der Waals surface area contributed by atoms with E-state index < -0.39 is 12.1 Å². The molecule has 2 heterocycles. The predicted molar refractivity (Wildman–Crippen MR) is 156 cm³/mol. The molecule has 0 radical (unpaired) electrons. The predicted octanol–water partition coefficient (Wildman–Crippen LogP) is 3.56. The second kappa shape index (κ2) is 15.7. The summed E-state index contributed by atoms with van der Waals surface area (Å²) in [6, 6.07) is 7.23. The van der Waals surface area contributed by atoms with Crippen molar-refractivity contribution in [3.05, 3.63) is 41.0 Å². The molecule has 1 aliphatic rings. The lowest BCUT2D eigenvalue weighted by Crippen LogP contribution is -2.43. The number of hydrogen-bond donors (Lipinski definition) is 4. The smallest absolute Gasteiger partial charge is 0.243 e. The van der Waals surface area contributed by atoms with E-state index in [9.17, 15) is 19.5 Å². The Morgan fingerprint density at radius 2 is 1.92 bits per heavy atom. The number of carbonyl (C=O) groups is 3. The van der Waals surface area contributed by atoms with Crippen molar-refractivity contribution in [2.75, 3.05) is 19.6 Å². The minimum Gasteiger partial charge on any atom is -0.391 e. The number of unbranched alkanes of at least 4 members (excludes halogenated alkanes) is 2. The maximum absolute atomic E-state index is 12.4. The molecule has 0 aliphatic carbocycles. The highest BCUT2D eigenvalue weighted by molar-refractivity contribution is 7.13. The van der Waals surface area contributed by atoms with E-state index in [4.69, 9.17) is 5.73 Å². The zero-order chi connectivity index (χ0) is 29.0. The van der Waals surface area contributed by atoms with Gasteiger partial charge in [-0.05, 0) is 49.8 Å². The van der Waals surface area contributed by atoms with Crippen LogP contribution in [0.3, 0.4) is 0 Å². The molecular weight excluding hydrogens is 514 g/mol. The Hall–Kier alpha value is -2.82. The molecule has 2 aromatic rings. The highest BCUT2D eigenvalue weighted by Gasteiger charge is 2.35. The van der Waals surface area contributed by atoms with E-state index >= 15 is 0 Å². The Kier molecular flexibility index (Phi) is 13.0. The topological polar surface area (TPSA) is 138 Å². The Balaban J connectivity index is 0.000000326. The molecule has 3 atom stereocenters. The van der Waals surface area contributed by atoms with Gasteiger partial charge in [0.15, 0.2) is 0 Å². The van der Waals surface area contributed by atoms with E-state index in [-0.39, 0.29) is 36.2 Å². The third kappa shape index (κ3) is 11.1. The maximum atomic E-state index is 12.4. The number of amides is 3. The van der Waals surface area contributed by atoms with Gasteiger partial charge in [0.05, 0.1) is 28.2 Å². The third-order valence-electron chi connectivity index (χ3n) is 6.46. The van der Waals surface area contributed by atoms with Gasteiger partial charge in [-0.25, -0.2) is 4.98 Å². The summed E-state index contributed by atoms with van der Waals surface area (Å²) in [4.78, 5) is 41.5. The van der Waals surface area contributed by atoms with Crippen molar-refractivity contribution in [1.82, 2.24) is 20.5 Å². The summed E-state index contributed by atoms with van der Waals surface area (Å²) < 4.78 is 0. The van der Waals surface area contributed by atoms with Crippen LogP contribution in [-0.2, 0) is 14.4 Å². The van der Waals surface area contributed by atoms with Gasteiger partial charge in [0.25, 0.3) is 0 Å². The van der Waals surface area contributed by atoms with Crippen molar-refractivity contribution in [3.63, 3.8) is 0 Å².